The first kappa shape index (κ1) is 9.75. The van der Waals surface area contributed by atoms with Crippen LogP contribution in [0.1, 0.15) is 6.92 Å². The van der Waals surface area contributed by atoms with E-state index in [1.807, 2.05) is 0 Å². The number of hydrogen-bond acceptors (Lipinski definition) is 3. The normalized spacial score (nSPS) is 8.10. The second-order valence-corrected chi connectivity index (χ2v) is 1.53. The predicted octanol–water partition coefficient (Wildman–Crippen LogP) is 0.556. The standard InChI is InChI=1S/C6H6O3.Na.H/c1-5(7)9-6-3-2-4-8-6;;/h2-4H,1H3;;. The van der Waals surface area contributed by atoms with Crippen LogP contribution in [0.4, 0.5) is 0 Å². The fraction of sp³-hybridized carbons (Fsp3) is 0.167. The molecule has 0 fully saturated rings. The van der Waals surface area contributed by atoms with Gasteiger partial charge in [0.25, 0.3) is 5.95 Å². The monoisotopic (exact) mass is 150 g/mol. The van der Waals surface area contributed by atoms with E-state index >= 15 is 0 Å². The quantitative estimate of drug-likeness (QED) is 0.433. The zero-order valence-electron chi connectivity index (χ0n) is 4.96. The number of rotatable bonds is 1. The molecule has 0 radical (unpaired) electrons. The summed E-state index contributed by atoms with van der Waals surface area (Å²) in [5.74, 6) is -0.132. The maximum absolute atomic E-state index is 10.2. The average Bonchev–Trinajstić information content (AvgIpc) is 2.15. The van der Waals surface area contributed by atoms with Crippen molar-refractivity contribution in [1.82, 2.24) is 0 Å². The second-order valence-electron chi connectivity index (χ2n) is 1.53. The molecule has 3 nitrogen and oxygen atoms in total. The van der Waals surface area contributed by atoms with Gasteiger partial charge in [0.2, 0.25) is 0 Å². The minimum atomic E-state index is -0.370. The fourth-order valence-electron chi connectivity index (χ4n) is 0.463. The molecule has 0 atom stereocenters. The van der Waals surface area contributed by atoms with Crippen LogP contribution in [0.15, 0.2) is 22.8 Å². The first-order chi connectivity index (χ1) is 4.29. The number of carbonyl (C=O) groups is 1. The van der Waals surface area contributed by atoms with Gasteiger partial charge >= 0.3 is 35.5 Å². The molecule has 50 valence electrons. The van der Waals surface area contributed by atoms with Crippen molar-refractivity contribution in [2.75, 3.05) is 0 Å². The van der Waals surface area contributed by atoms with Crippen molar-refractivity contribution in [3.05, 3.63) is 18.4 Å². The topological polar surface area (TPSA) is 39.4 Å². The van der Waals surface area contributed by atoms with Gasteiger partial charge in [-0.25, -0.2) is 0 Å². The van der Waals surface area contributed by atoms with Gasteiger partial charge in [-0.1, -0.05) is 0 Å². The molecule has 0 N–H and O–H groups in total. The Balaban J connectivity index is 0.000000810. The Hall–Kier alpha value is -0.250. The number of esters is 1. The van der Waals surface area contributed by atoms with E-state index in [4.69, 9.17) is 4.42 Å². The van der Waals surface area contributed by atoms with E-state index in [-0.39, 0.29) is 41.5 Å². The van der Waals surface area contributed by atoms with Crippen molar-refractivity contribution >= 4 is 35.5 Å². The average molecular weight is 150 g/mol. The summed E-state index contributed by atoms with van der Waals surface area (Å²) in [4.78, 5) is 10.2. The van der Waals surface area contributed by atoms with Gasteiger partial charge in [-0.2, -0.15) is 0 Å². The molecule has 1 rings (SSSR count). The summed E-state index contributed by atoms with van der Waals surface area (Å²) in [6.45, 7) is 1.32. The summed E-state index contributed by atoms with van der Waals surface area (Å²) in [5.41, 5.74) is 0. The predicted molar refractivity (Wildman–Crippen MR) is 37.2 cm³/mol. The molecule has 0 bridgehead atoms. The molecular weight excluding hydrogens is 143 g/mol. The van der Waals surface area contributed by atoms with Gasteiger partial charge < -0.3 is 9.15 Å². The van der Waals surface area contributed by atoms with Crippen molar-refractivity contribution in [3.8, 4) is 5.95 Å². The molecule has 1 heterocycles. The van der Waals surface area contributed by atoms with Crippen molar-refractivity contribution < 1.29 is 13.9 Å². The molecule has 1 aromatic heterocycles. The molecule has 10 heavy (non-hydrogen) atoms. The number of ether oxygens (including phenoxy) is 1. The molecule has 0 amide bonds. The van der Waals surface area contributed by atoms with E-state index in [1.54, 1.807) is 12.1 Å². The van der Waals surface area contributed by atoms with E-state index in [0.29, 0.717) is 0 Å². The zero-order chi connectivity index (χ0) is 6.69. The Morgan fingerprint density at radius 3 is 2.80 bits per heavy atom. The molecule has 1 aromatic rings. The van der Waals surface area contributed by atoms with Gasteiger partial charge in [0.05, 0.1) is 6.26 Å². The molecule has 0 aliphatic carbocycles. The summed E-state index contributed by atoms with van der Waals surface area (Å²) in [6, 6.07) is 3.22. The summed E-state index contributed by atoms with van der Waals surface area (Å²) in [5, 5.41) is 0. The van der Waals surface area contributed by atoms with Crippen molar-refractivity contribution in [2.45, 2.75) is 6.92 Å². The van der Waals surface area contributed by atoms with Crippen LogP contribution >= 0.6 is 0 Å². The molecule has 0 aromatic carbocycles. The molecule has 0 saturated heterocycles. The number of furan rings is 1. The van der Waals surface area contributed by atoms with E-state index in [0.717, 1.165) is 0 Å². The van der Waals surface area contributed by atoms with Crippen LogP contribution in [-0.2, 0) is 4.79 Å². The van der Waals surface area contributed by atoms with Gasteiger partial charge in [-0.15, -0.1) is 0 Å². The zero-order valence-corrected chi connectivity index (χ0v) is 4.96. The minimum absolute atomic E-state index is 0. The first-order valence-electron chi connectivity index (χ1n) is 2.51. The van der Waals surface area contributed by atoms with E-state index in [1.165, 1.54) is 13.2 Å². The van der Waals surface area contributed by atoms with Crippen LogP contribution in [0.2, 0.25) is 0 Å². The molecule has 0 aliphatic heterocycles. The van der Waals surface area contributed by atoms with Crippen LogP contribution in [0.5, 0.6) is 5.95 Å². The summed E-state index contributed by atoms with van der Waals surface area (Å²) < 4.78 is 9.25. The van der Waals surface area contributed by atoms with Crippen LogP contribution in [-0.4, -0.2) is 35.5 Å². The third-order valence-corrected chi connectivity index (χ3v) is 0.739. The Morgan fingerprint density at radius 1 is 1.70 bits per heavy atom. The van der Waals surface area contributed by atoms with Gasteiger partial charge in [0.1, 0.15) is 0 Å². The van der Waals surface area contributed by atoms with Gasteiger partial charge in [0, 0.05) is 13.0 Å². The molecular formula is C6H7NaO3. The fourth-order valence-corrected chi connectivity index (χ4v) is 0.463. The van der Waals surface area contributed by atoms with Gasteiger partial charge in [0.15, 0.2) is 0 Å². The molecule has 0 spiro atoms. The van der Waals surface area contributed by atoms with E-state index in [9.17, 15) is 4.79 Å². The van der Waals surface area contributed by atoms with Gasteiger partial charge in [-0.05, 0) is 6.07 Å². The van der Waals surface area contributed by atoms with Crippen molar-refractivity contribution in [1.29, 1.82) is 0 Å². The first-order valence-corrected chi connectivity index (χ1v) is 2.51. The van der Waals surface area contributed by atoms with Gasteiger partial charge in [-0.3, -0.25) is 4.79 Å². The second kappa shape index (κ2) is 4.55. The third kappa shape index (κ3) is 3.06. The van der Waals surface area contributed by atoms with Crippen LogP contribution in [0.3, 0.4) is 0 Å². The summed E-state index contributed by atoms with van der Waals surface area (Å²) in [7, 11) is 0. The van der Waals surface area contributed by atoms with Crippen LogP contribution in [0, 0.1) is 0 Å². The Bertz CT molecular complexity index is 193. The Kier molecular flexibility index (Phi) is 4.43. The SMILES string of the molecule is CC(=O)Oc1ccco1.[NaH]. The Labute approximate surface area is 80.6 Å². The molecule has 0 unspecified atom stereocenters. The van der Waals surface area contributed by atoms with Crippen LogP contribution in [0.25, 0.3) is 0 Å². The number of carbonyl (C=O) groups excluding carboxylic acids is 1. The number of hydrogen-bond donors (Lipinski definition) is 0. The van der Waals surface area contributed by atoms with E-state index in [2.05, 4.69) is 4.74 Å². The summed E-state index contributed by atoms with van der Waals surface area (Å²) in [6.07, 6.45) is 1.44. The van der Waals surface area contributed by atoms with Crippen LogP contribution < -0.4 is 4.74 Å². The van der Waals surface area contributed by atoms with E-state index < -0.39 is 0 Å². The molecule has 0 saturated carbocycles. The maximum atomic E-state index is 10.2. The molecule has 4 heteroatoms. The van der Waals surface area contributed by atoms with Crippen molar-refractivity contribution in [3.63, 3.8) is 0 Å². The van der Waals surface area contributed by atoms with Crippen molar-refractivity contribution in [2.24, 2.45) is 0 Å². The third-order valence-electron chi connectivity index (χ3n) is 0.739. The summed E-state index contributed by atoms with van der Waals surface area (Å²) >= 11 is 0. The Morgan fingerprint density at radius 2 is 2.40 bits per heavy atom. The molecule has 0 aliphatic rings.